The standard InChI is InChI=1S/C20H18ClNO2/c1-2-24-20-17(19(23)13-8-4-3-5-9-13)16(12-22)14-10-6-7-11-15(14)18(20)21/h3-11,16-18,20H,2H2,1H3/t16-,17+,18+,20-/m1/s1. The van der Waals surface area contributed by atoms with Gasteiger partial charge in [0.1, 0.15) is 0 Å². The van der Waals surface area contributed by atoms with Gasteiger partial charge in [0.25, 0.3) is 0 Å². The number of rotatable bonds is 4. The number of hydrogen-bond donors (Lipinski definition) is 0. The molecule has 1 aliphatic rings. The average molecular weight is 340 g/mol. The van der Waals surface area contributed by atoms with Crippen molar-refractivity contribution in [2.75, 3.05) is 6.61 Å². The lowest BCUT2D eigenvalue weighted by atomic mass is 9.70. The van der Waals surface area contributed by atoms with Crippen LogP contribution in [0, 0.1) is 17.2 Å². The van der Waals surface area contributed by atoms with Gasteiger partial charge in [-0.3, -0.25) is 4.79 Å². The molecule has 0 spiro atoms. The van der Waals surface area contributed by atoms with Gasteiger partial charge in [0.2, 0.25) is 0 Å². The van der Waals surface area contributed by atoms with E-state index in [1.807, 2.05) is 49.4 Å². The first-order chi connectivity index (χ1) is 11.7. The van der Waals surface area contributed by atoms with Crippen molar-refractivity contribution in [2.45, 2.75) is 24.3 Å². The van der Waals surface area contributed by atoms with Crippen LogP contribution >= 0.6 is 11.6 Å². The summed E-state index contributed by atoms with van der Waals surface area (Å²) in [6.45, 7) is 2.31. The van der Waals surface area contributed by atoms with Crippen LogP contribution in [0.15, 0.2) is 54.6 Å². The van der Waals surface area contributed by atoms with E-state index in [-0.39, 0.29) is 5.78 Å². The summed E-state index contributed by atoms with van der Waals surface area (Å²) in [6, 6.07) is 18.9. The fourth-order valence-corrected chi connectivity index (χ4v) is 3.84. The molecule has 0 saturated carbocycles. The SMILES string of the molecule is CCO[C@@H]1[C@H](C(=O)c2ccccc2)[C@H](C#N)c2ccccc2[C@@H]1Cl. The minimum atomic E-state index is -0.616. The molecule has 4 heteroatoms. The number of halogens is 1. The summed E-state index contributed by atoms with van der Waals surface area (Å²) in [5.41, 5.74) is 2.28. The third kappa shape index (κ3) is 2.84. The number of carbonyl (C=O) groups excluding carboxylic acids is 1. The minimum Gasteiger partial charge on any atom is -0.376 e. The van der Waals surface area contributed by atoms with Crippen LogP contribution in [0.1, 0.15) is 39.7 Å². The van der Waals surface area contributed by atoms with E-state index in [9.17, 15) is 10.1 Å². The van der Waals surface area contributed by atoms with Crippen molar-refractivity contribution in [1.82, 2.24) is 0 Å². The van der Waals surface area contributed by atoms with Gasteiger partial charge in [-0.1, -0.05) is 54.6 Å². The molecule has 0 fully saturated rings. The second-order valence-corrected chi connectivity index (χ2v) is 6.28. The van der Waals surface area contributed by atoms with Gasteiger partial charge < -0.3 is 4.74 Å². The number of ketones is 1. The molecular weight excluding hydrogens is 322 g/mol. The van der Waals surface area contributed by atoms with Crippen LogP contribution in [0.2, 0.25) is 0 Å². The van der Waals surface area contributed by atoms with Crippen LogP contribution in [0.5, 0.6) is 0 Å². The van der Waals surface area contributed by atoms with Gasteiger partial charge in [-0.25, -0.2) is 0 Å². The highest BCUT2D eigenvalue weighted by Gasteiger charge is 2.46. The van der Waals surface area contributed by atoms with Gasteiger partial charge in [0, 0.05) is 12.2 Å². The molecule has 0 radical (unpaired) electrons. The molecule has 0 aromatic heterocycles. The normalized spacial score (nSPS) is 25.5. The van der Waals surface area contributed by atoms with Crippen LogP contribution in [-0.4, -0.2) is 18.5 Å². The molecule has 2 aromatic rings. The molecule has 0 bridgehead atoms. The third-order valence-electron chi connectivity index (χ3n) is 4.49. The van der Waals surface area contributed by atoms with Crippen LogP contribution in [0.3, 0.4) is 0 Å². The molecule has 0 heterocycles. The van der Waals surface area contributed by atoms with Crippen LogP contribution in [0.25, 0.3) is 0 Å². The fraction of sp³-hybridized carbons (Fsp3) is 0.300. The zero-order valence-corrected chi connectivity index (χ0v) is 14.1. The number of hydrogen-bond acceptors (Lipinski definition) is 3. The van der Waals surface area contributed by atoms with Crippen molar-refractivity contribution in [3.8, 4) is 6.07 Å². The Labute approximate surface area is 146 Å². The number of ether oxygens (including phenoxy) is 1. The first-order valence-corrected chi connectivity index (χ1v) is 8.46. The third-order valence-corrected chi connectivity index (χ3v) is 4.97. The maximum Gasteiger partial charge on any atom is 0.170 e. The Morgan fingerprint density at radius 3 is 2.38 bits per heavy atom. The van der Waals surface area contributed by atoms with Gasteiger partial charge in [-0.15, -0.1) is 11.6 Å². The van der Waals surface area contributed by atoms with Crippen molar-refractivity contribution in [3.05, 3.63) is 71.3 Å². The lowest BCUT2D eigenvalue weighted by molar-refractivity contribution is 0.0101. The molecule has 0 saturated heterocycles. The summed E-state index contributed by atoms with van der Waals surface area (Å²) in [4.78, 5) is 13.1. The molecule has 0 amide bonds. The van der Waals surface area contributed by atoms with E-state index in [0.717, 1.165) is 11.1 Å². The second-order valence-electron chi connectivity index (χ2n) is 5.81. The van der Waals surface area contributed by atoms with E-state index in [1.165, 1.54) is 0 Å². The Morgan fingerprint density at radius 2 is 1.75 bits per heavy atom. The van der Waals surface area contributed by atoms with E-state index in [4.69, 9.17) is 16.3 Å². The Balaban J connectivity index is 2.11. The quantitative estimate of drug-likeness (QED) is 0.609. The van der Waals surface area contributed by atoms with E-state index >= 15 is 0 Å². The smallest absolute Gasteiger partial charge is 0.170 e. The number of fused-ring (bicyclic) bond motifs is 1. The Kier molecular flexibility index (Phi) is 4.99. The number of alkyl halides is 1. The van der Waals surface area contributed by atoms with Gasteiger partial charge in [0.05, 0.1) is 29.4 Å². The summed E-state index contributed by atoms with van der Waals surface area (Å²) in [6.07, 6.45) is -0.524. The monoisotopic (exact) mass is 339 g/mol. The number of carbonyl (C=O) groups is 1. The van der Waals surface area contributed by atoms with Crippen LogP contribution in [0.4, 0.5) is 0 Å². The summed E-state index contributed by atoms with van der Waals surface area (Å²) in [7, 11) is 0. The number of nitriles is 1. The predicted molar refractivity (Wildman–Crippen MR) is 93.1 cm³/mol. The molecule has 0 N–H and O–H groups in total. The van der Waals surface area contributed by atoms with Gasteiger partial charge in [-0.05, 0) is 18.1 Å². The molecule has 4 atom stereocenters. The van der Waals surface area contributed by atoms with Crippen molar-refractivity contribution >= 4 is 17.4 Å². The lowest BCUT2D eigenvalue weighted by Crippen LogP contribution is -2.42. The molecule has 0 aliphatic heterocycles. The van der Waals surface area contributed by atoms with Crippen molar-refractivity contribution < 1.29 is 9.53 Å². The average Bonchev–Trinajstić information content (AvgIpc) is 2.64. The first kappa shape index (κ1) is 16.7. The fourth-order valence-electron chi connectivity index (χ4n) is 3.41. The Hall–Kier alpha value is -2.15. The molecule has 1 aliphatic carbocycles. The highest BCUT2D eigenvalue weighted by atomic mass is 35.5. The van der Waals surface area contributed by atoms with Gasteiger partial charge in [-0.2, -0.15) is 5.26 Å². The molecule has 122 valence electrons. The highest BCUT2D eigenvalue weighted by Crippen LogP contribution is 2.46. The zero-order chi connectivity index (χ0) is 17.1. The summed E-state index contributed by atoms with van der Waals surface area (Å²) < 4.78 is 5.84. The second kappa shape index (κ2) is 7.17. The molecule has 0 unspecified atom stereocenters. The Bertz CT molecular complexity index is 769. The molecular formula is C20H18ClNO2. The Morgan fingerprint density at radius 1 is 1.12 bits per heavy atom. The topological polar surface area (TPSA) is 50.1 Å². The highest BCUT2D eigenvalue weighted by molar-refractivity contribution is 6.22. The van der Waals surface area contributed by atoms with E-state index < -0.39 is 23.3 Å². The predicted octanol–water partition coefficient (Wildman–Crippen LogP) is 4.49. The van der Waals surface area contributed by atoms with E-state index in [2.05, 4.69) is 6.07 Å². The van der Waals surface area contributed by atoms with Crippen LogP contribution in [-0.2, 0) is 4.74 Å². The van der Waals surface area contributed by atoms with Crippen molar-refractivity contribution in [2.24, 2.45) is 5.92 Å². The van der Waals surface area contributed by atoms with Crippen molar-refractivity contribution in [1.29, 1.82) is 5.26 Å². The van der Waals surface area contributed by atoms with Crippen molar-refractivity contribution in [3.63, 3.8) is 0 Å². The molecule has 3 rings (SSSR count). The number of Topliss-reactive ketones (excluding diaryl/α,β-unsaturated/α-hetero) is 1. The zero-order valence-electron chi connectivity index (χ0n) is 13.4. The van der Waals surface area contributed by atoms with Gasteiger partial charge in [0.15, 0.2) is 5.78 Å². The summed E-state index contributed by atoms with van der Waals surface area (Å²) in [5.74, 6) is -1.28. The first-order valence-electron chi connectivity index (χ1n) is 8.02. The largest absolute Gasteiger partial charge is 0.376 e. The molecule has 24 heavy (non-hydrogen) atoms. The maximum atomic E-state index is 13.1. The summed E-state index contributed by atoms with van der Waals surface area (Å²) >= 11 is 6.65. The summed E-state index contributed by atoms with van der Waals surface area (Å²) in [5, 5.41) is 9.32. The number of nitrogens with zero attached hydrogens (tertiary/aromatic N) is 1. The maximum absolute atomic E-state index is 13.1. The van der Waals surface area contributed by atoms with E-state index in [1.54, 1.807) is 12.1 Å². The van der Waals surface area contributed by atoms with Gasteiger partial charge >= 0.3 is 0 Å². The molecule has 3 nitrogen and oxygen atoms in total. The van der Waals surface area contributed by atoms with E-state index in [0.29, 0.717) is 12.2 Å². The molecule has 2 aromatic carbocycles. The number of benzene rings is 2. The minimum absolute atomic E-state index is 0.0965. The van der Waals surface area contributed by atoms with Crippen LogP contribution < -0.4 is 0 Å². The lowest BCUT2D eigenvalue weighted by Gasteiger charge is -2.38.